The van der Waals surface area contributed by atoms with Crippen molar-refractivity contribution >= 4 is 52.4 Å². The summed E-state index contributed by atoms with van der Waals surface area (Å²) in [5, 5.41) is 16.8. The maximum absolute atomic E-state index is 11.8. The van der Waals surface area contributed by atoms with Crippen molar-refractivity contribution in [2.75, 3.05) is 17.7 Å². The topological polar surface area (TPSA) is 108 Å². The quantitative estimate of drug-likeness (QED) is 0.284. The van der Waals surface area contributed by atoms with E-state index in [1.165, 1.54) is 6.20 Å². The maximum Gasteiger partial charge on any atom is 0.251 e. The Labute approximate surface area is 200 Å². The van der Waals surface area contributed by atoms with Gasteiger partial charge in [-0.25, -0.2) is 4.98 Å². The van der Waals surface area contributed by atoms with Gasteiger partial charge in [0.2, 0.25) is 5.95 Å². The van der Waals surface area contributed by atoms with E-state index in [0.717, 1.165) is 28.1 Å². The number of benzene rings is 2. The van der Waals surface area contributed by atoms with Gasteiger partial charge in [-0.05, 0) is 49.2 Å². The van der Waals surface area contributed by atoms with Crippen molar-refractivity contribution in [3.8, 4) is 11.1 Å². The Hall–Kier alpha value is -3.62. The molecule has 0 unspecified atom stereocenters. The van der Waals surface area contributed by atoms with Gasteiger partial charge in [-0.15, -0.1) is 0 Å². The number of H-pyrrole nitrogens is 1. The first-order valence-electron chi connectivity index (χ1n) is 10.1. The van der Waals surface area contributed by atoms with Crippen molar-refractivity contribution in [3.63, 3.8) is 0 Å². The van der Waals surface area contributed by atoms with Gasteiger partial charge in [-0.1, -0.05) is 35.3 Å². The van der Waals surface area contributed by atoms with Gasteiger partial charge in [0.15, 0.2) is 11.6 Å². The fourth-order valence-electron chi connectivity index (χ4n) is 3.22. The highest BCUT2D eigenvalue weighted by molar-refractivity contribution is 6.34. The number of aryl methyl sites for hydroxylation is 2. The van der Waals surface area contributed by atoms with Crippen molar-refractivity contribution in [2.45, 2.75) is 13.8 Å². The first kappa shape index (κ1) is 22.6. The summed E-state index contributed by atoms with van der Waals surface area (Å²) in [6.07, 6.45) is 1.51. The van der Waals surface area contributed by atoms with Gasteiger partial charge < -0.3 is 16.0 Å². The van der Waals surface area contributed by atoms with E-state index in [-0.39, 0.29) is 5.91 Å². The van der Waals surface area contributed by atoms with Crippen LogP contribution in [0.1, 0.15) is 21.6 Å². The average Bonchev–Trinajstić information content (AvgIpc) is 3.22. The first-order chi connectivity index (χ1) is 15.8. The van der Waals surface area contributed by atoms with Crippen molar-refractivity contribution in [2.24, 2.45) is 0 Å². The monoisotopic (exact) mass is 481 g/mol. The van der Waals surface area contributed by atoms with Crippen LogP contribution < -0.4 is 16.0 Å². The summed E-state index contributed by atoms with van der Waals surface area (Å²) in [5.41, 5.74) is 4.97. The lowest BCUT2D eigenvalue weighted by molar-refractivity contribution is 0.0963. The Balaban J connectivity index is 1.57. The number of anilines is 4. The Morgan fingerprint density at radius 2 is 1.76 bits per heavy atom. The normalized spacial score (nSPS) is 10.7. The summed E-state index contributed by atoms with van der Waals surface area (Å²) >= 11 is 12.8. The number of nitrogens with zero attached hydrogens (tertiary/aromatic N) is 3. The number of hydrogen-bond acceptors (Lipinski definition) is 6. The van der Waals surface area contributed by atoms with E-state index >= 15 is 0 Å². The molecule has 8 nitrogen and oxygen atoms in total. The Kier molecular flexibility index (Phi) is 6.48. The number of rotatable bonds is 6. The molecule has 2 heterocycles. The summed E-state index contributed by atoms with van der Waals surface area (Å²) in [7, 11) is 1.60. The van der Waals surface area contributed by atoms with Gasteiger partial charge in [0.05, 0.1) is 11.2 Å². The van der Waals surface area contributed by atoms with Crippen LogP contribution in [0, 0.1) is 13.8 Å². The molecule has 4 rings (SSSR count). The third-order valence-electron chi connectivity index (χ3n) is 4.94. The van der Waals surface area contributed by atoms with Crippen LogP contribution in [-0.4, -0.2) is 33.1 Å². The molecule has 2 aromatic carbocycles. The minimum absolute atomic E-state index is 0.136. The van der Waals surface area contributed by atoms with E-state index in [1.807, 2.05) is 44.2 Å². The summed E-state index contributed by atoms with van der Waals surface area (Å²) in [6, 6.07) is 12.9. The minimum Gasteiger partial charge on any atom is -0.355 e. The molecular formula is C23H21Cl2N7O. The standard InChI is InChI=1S/C23H21Cl2N7O/c1-12-8-16(14-4-6-15(7-5-14)22(33)26-3)17(24)10-19(12)28-23-27-11-18(25)21(30-23)29-20-9-13(2)31-32-20/h4-11H,1-3H3,(H,26,33)(H3,27,28,29,30,31,32). The van der Waals surface area contributed by atoms with Crippen LogP contribution in [0.3, 0.4) is 0 Å². The molecule has 0 saturated carbocycles. The molecule has 0 aliphatic carbocycles. The van der Waals surface area contributed by atoms with Gasteiger partial charge in [-0.3, -0.25) is 9.89 Å². The zero-order valence-electron chi connectivity index (χ0n) is 18.1. The van der Waals surface area contributed by atoms with Gasteiger partial charge in [-0.2, -0.15) is 10.1 Å². The van der Waals surface area contributed by atoms with E-state index in [0.29, 0.717) is 33.2 Å². The van der Waals surface area contributed by atoms with Gasteiger partial charge in [0, 0.05) is 35.6 Å². The zero-order chi connectivity index (χ0) is 23.5. The highest BCUT2D eigenvalue weighted by Gasteiger charge is 2.12. The van der Waals surface area contributed by atoms with E-state index in [1.54, 1.807) is 19.2 Å². The molecule has 0 saturated heterocycles. The number of aromatic amines is 1. The highest BCUT2D eigenvalue weighted by atomic mass is 35.5. The molecule has 1 amide bonds. The predicted octanol–water partition coefficient (Wildman–Crippen LogP) is 5.64. The molecular weight excluding hydrogens is 461 g/mol. The molecule has 33 heavy (non-hydrogen) atoms. The van der Waals surface area contributed by atoms with Crippen LogP contribution in [0.2, 0.25) is 10.0 Å². The molecule has 0 aliphatic heterocycles. The largest absolute Gasteiger partial charge is 0.355 e. The number of halogens is 2. The highest BCUT2D eigenvalue weighted by Crippen LogP contribution is 2.34. The summed E-state index contributed by atoms with van der Waals surface area (Å²) in [4.78, 5) is 20.5. The van der Waals surface area contributed by atoms with E-state index in [9.17, 15) is 4.79 Å². The fourth-order valence-corrected chi connectivity index (χ4v) is 3.63. The average molecular weight is 482 g/mol. The van der Waals surface area contributed by atoms with Crippen LogP contribution in [0.4, 0.5) is 23.3 Å². The second kappa shape index (κ2) is 9.48. The van der Waals surface area contributed by atoms with E-state index in [2.05, 4.69) is 36.1 Å². The maximum atomic E-state index is 11.8. The molecule has 0 atom stereocenters. The second-order valence-electron chi connectivity index (χ2n) is 7.38. The number of carbonyl (C=O) groups excluding carboxylic acids is 1. The Morgan fingerprint density at radius 3 is 2.42 bits per heavy atom. The fraction of sp³-hybridized carbons (Fsp3) is 0.130. The molecule has 168 valence electrons. The van der Waals surface area contributed by atoms with Gasteiger partial charge >= 0.3 is 0 Å². The first-order valence-corrected chi connectivity index (χ1v) is 10.8. The minimum atomic E-state index is -0.136. The number of amides is 1. The molecule has 10 heteroatoms. The van der Waals surface area contributed by atoms with E-state index < -0.39 is 0 Å². The van der Waals surface area contributed by atoms with Crippen molar-refractivity contribution in [1.82, 2.24) is 25.5 Å². The molecule has 0 fully saturated rings. The molecule has 0 radical (unpaired) electrons. The van der Waals surface area contributed by atoms with E-state index in [4.69, 9.17) is 23.2 Å². The van der Waals surface area contributed by atoms with Gasteiger partial charge in [0.25, 0.3) is 5.91 Å². The van der Waals surface area contributed by atoms with Gasteiger partial charge in [0.1, 0.15) is 5.02 Å². The molecule has 0 aliphatic rings. The number of hydrogen-bond donors (Lipinski definition) is 4. The van der Waals surface area contributed by atoms with Crippen LogP contribution in [0.25, 0.3) is 11.1 Å². The van der Waals surface area contributed by atoms with Crippen LogP contribution in [0.5, 0.6) is 0 Å². The van der Waals surface area contributed by atoms with Crippen molar-refractivity contribution < 1.29 is 4.79 Å². The smallest absolute Gasteiger partial charge is 0.251 e. The predicted molar refractivity (Wildman–Crippen MR) is 132 cm³/mol. The third kappa shape index (κ3) is 5.08. The third-order valence-corrected chi connectivity index (χ3v) is 5.53. The number of nitrogens with one attached hydrogen (secondary N) is 4. The number of carbonyl (C=O) groups is 1. The van der Waals surface area contributed by atoms with Crippen LogP contribution in [0.15, 0.2) is 48.7 Å². The lowest BCUT2D eigenvalue weighted by Gasteiger charge is -2.14. The molecule has 2 aromatic heterocycles. The Bertz CT molecular complexity index is 1320. The van der Waals surface area contributed by atoms with Crippen molar-refractivity contribution in [3.05, 3.63) is 75.5 Å². The molecule has 4 N–H and O–H groups in total. The number of aromatic nitrogens is 4. The molecule has 4 aromatic rings. The second-order valence-corrected chi connectivity index (χ2v) is 8.19. The summed E-state index contributed by atoms with van der Waals surface area (Å²) in [5.74, 6) is 1.25. The SMILES string of the molecule is CNC(=O)c1ccc(-c2cc(C)c(Nc3ncc(Cl)c(Nc4cc(C)[nH]n4)n3)cc2Cl)cc1. The lowest BCUT2D eigenvalue weighted by atomic mass is 10.0. The molecule has 0 bridgehead atoms. The summed E-state index contributed by atoms with van der Waals surface area (Å²) < 4.78 is 0. The zero-order valence-corrected chi connectivity index (χ0v) is 19.6. The lowest BCUT2D eigenvalue weighted by Crippen LogP contribution is -2.17. The van der Waals surface area contributed by atoms with Crippen molar-refractivity contribution in [1.29, 1.82) is 0 Å². The van der Waals surface area contributed by atoms with Crippen LogP contribution >= 0.6 is 23.2 Å². The Morgan fingerprint density at radius 1 is 1.00 bits per heavy atom. The summed E-state index contributed by atoms with van der Waals surface area (Å²) in [6.45, 7) is 3.86. The molecule has 0 spiro atoms. The van der Waals surface area contributed by atoms with Crippen LogP contribution in [-0.2, 0) is 0 Å².